The van der Waals surface area contributed by atoms with Crippen LogP contribution in [0.1, 0.15) is 30.3 Å². The molecular weight excluding hydrogens is 250 g/mol. The maximum absolute atomic E-state index is 12.3. The molecule has 0 fully saturated rings. The summed E-state index contributed by atoms with van der Waals surface area (Å²) >= 11 is 5.98. The standard InChI is InChI=1S/C13H22ClN3O/c1-4-7-17-10-11(14)9-12(17)13(18)16(3)8-5-6-15-2/h9-10,15H,4-8H2,1-3H3. The van der Waals surface area contributed by atoms with Crippen LogP contribution in [0.4, 0.5) is 0 Å². The fourth-order valence-electron chi connectivity index (χ4n) is 1.87. The van der Waals surface area contributed by atoms with E-state index in [0.717, 1.165) is 32.5 Å². The van der Waals surface area contributed by atoms with Gasteiger partial charge >= 0.3 is 0 Å². The minimum atomic E-state index is 0.0338. The average Bonchev–Trinajstić information content (AvgIpc) is 2.70. The van der Waals surface area contributed by atoms with Crippen LogP contribution in [0, 0.1) is 0 Å². The maximum Gasteiger partial charge on any atom is 0.270 e. The van der Waals surface area contributed by atoms with E-state index in [-0.39, 0.29) is 5.91 Å². The fraction of sp³-hybridized carbons (Fsp3) is 0.615. The Balaban J connectivity index is 2.70. The summed E-state index contributed by atoms with van der Waals surface area (Å²) in [6, 6.07) is 1.74. The Hall–Kier alpha value is -1.00. The molecule has 102 valence electrons. The van der Waals surface area contributed by atoms with Crippen LogP contribution in [0.15, 0.2) is 12.3 Å². The number of halogens is 1. The third kappa shape index (κ3) is 4.03. The first-order valence-corrected chi connectivity index (χ1v) is 6.73. The van der Waals surface area contributed by atoms with Gasteiger partial charge in [0.2, 0.25) is 0 Å². The molecule has 0 aliphatic rings. The molecule has 1 heterocycles. The summed E-state index contributed by atoms with van der Waals surface area (Å²) in [4.78, 5) is 14.0. The van der Waals surface area contributed by atoms with E-state index in [1.165, 1.54) is 0 Å². The molecular formula is C13H22ClN3O. The maximum atomic E-state index is 12.3. The van der Waals surface area contributed by atoms with Gasteiger partial charge in [-0.05, 0) is 32.5 Å². The van der Waals surface area contributed by atoms with Crippen molar-refractivity contribution in [1.82, 2.24) is 14.8 Å². The van der Waals surface area contributed by atoms with E-state index >= 15 is 0 Å². The Labute approximate surface area is 114 Å². The lowest BCUT2D eigenvalue weighted by Crippen LogP contribution is -2.31. The predicted octanol–water partition coefficient (Wildman–Crippen LogP) is 2.23. The molecule has 1 amide bonds. The van der Waals surface area contributed by atoms with Gasteiger partial charge in [-0.15, -0.1) is 0 Å². The molecule has 1 N–H and O–H groups in total. The van der Waals surface area contributed by atoms with Crippen LogP contribution in [0.3, 0.4) is 0 Å². The molecule has 0 aromatic carbocycles. The fourth-order valence-corrected chi connectivity index (χ4v) is 2.09. The number of aromatic nitrogens is 1. The van der Waals surface area contributed by atoms with Gasteiger partial charge in [-0.1, -0.05) is 18.5 Å². The molecule has 0 aliphatic carbocycles. The zero-order chi connectivity index (χ0) is 13.5. The van der Waals surface area contributed by atoms with Crippen LogP contribution in [0.5, 0.6) is 0 Å². The van der Waals surface area contributed by atoms with E-state index in [1.807, 2.05) is 24.9 Å². The van der Waals surface area contributed by atoms with Crippen molar-refractivity contribution >= 4 is 17.5 Å². The van der Waals surface area contributed by atoms with Gasteiger partial charge < -0.3 is 14.8 Å². The quantitative estimate of drug-likeness (QED) is 0.773. The Kier molecular flexibility index (Phi) is 6.22. The van der Waals surface area contributed by atoms with Crippen molar-refractivity contribution in [3.8, 4) is 0 Å². The zero-order valence-corrected chi connectivity index (χ0v) is 12.1. The molecule has 0 spiro atoms. The molecule has 0 atom stereocenters. The van der Waals surface area contributed by atoms with Crippen molar-refractivity contribution in [3.63, 3.8) is 0 Å². The number of nitrogens with zero attached hydrogens (tertiary/aromatic N) is 2. The molecule has 0 unspecified atom stereocenters. The highest BCUT2D eigenvalue weighted by atomic mass is 35.5. The largest absolute Gasteiger partial charge is 0.342 e. The third-order valence-electron chi connectivity index (χ3n) is 2.81. The summed E-state index contributed by atoms with van der Waals surface area (Å²) in [7, 11) is 3.74. The van der Waals surface area contributed by atoms with Gasteiger partial charge in [0.25, 0.3) is 5.91 Å². The lowest BCUT2D eigenvalue weighted by atomic mass is 10.3. The van der Waals surface area contributed by atoms with Crippen LogP contribution in [0.25, 0.3) is 0 Å². The zero-order valence-electron chi connectivity index (χ0n) is 11.4. The number of hydrogen-bond acceptors (Lipinski definition) is 2. The topological polar surface area (TPSA) is 37.3 Å². The number of carbonyl (C=O) groups is 1. The molecule has 0 saturated carbocycles. The normalized spacial score (nSPS) is 10.7. The summed E-state index contributed by atoms with van der Waals surface area (Å²) in [5, 5.41) is 3.69. The highest BCUT2D eigenvalue weighted by Gasteiger charge is 2.16. The first-order chi connectivity index (χ1) is 8.60. The number of nitrogens with one attached hydrogen (secondary N) is 1. The number of aryl methyl sites for hydroxylation is 1. The SMILES string of the molecule is CCCn1cc(Cl)cc1C(=O)N(C)CCCNC. The number of amides is 1. The van der Waals surface area contributed by atoms with Crippen molar-refractivity contribution in [2.45, 2.75) is 26.3 Å². The lowest BCUT2D eigenvalue weighted by molar-refractivity contribution is 0.0783. The van der Waals surface area contributed by atoms with Crippen molar-refractivity contribution < 1.29 is 4.79 Å². The van der Waals surface area contributed by atoms with E-state index in [9.17, 15) is 4.79 Å². The summed E-state index contributed by atoms with van der Waals surface area (Å²) in [5.41, 5.74) is 0.675. The lowest BCUT2D eigenvalue weighted by Gasteiger charge is -2.18. The van der Waals surface area contributed by atoms with Crippen LogP contribution < -0.4 is 5.32 Å². The summed E-state index contributed by atoms with van der Waals surface area (Å²) in [6.45, 7) is 4.56. The molecule has 1 aromatic rings. The van der Waals surface area contributed by atoms with Gasteiger partial charge in [0.1, 0.15) is 5.69 Å². The second-order valence-electron chi connectivity index (χ2n) is 4.42. The molecule has 5 heteroatoms. The number of carbonyl (C=O) groups excluding carboxylic acids is 1. The van der Waals surface area contributed by atoms with Crippen LogP contribution >= 0.6 is 11.6 Å². The van der Waals surface area contributed by atoms with Gasteiger partial charge in [-0.25, -0.2) is 0 Å². The average molecular weight is 272 g/mol. The first-order valence-electron chi connectivity index (χ1n) is 6.35. The molecule has 1 rings (SSSR count). The van der Waals surface area contributed by atoms with Gasteiger partial charge in [0, 0.05) is 26.3 Å². The predicted molar refractivity (Wildman–Crippen MR) is 75.2 cm³/mol. The summed E-state index contributed by atoms with van der Waals surface area (Å²) < 4.78 is 1.93. The molecule has 4 nitrogen and oxygen atoms in total. The van der Waals surface area contributed by atoms with E-state index < -0.39 is 0 Å². The molecule has 0 saturated heterocycles. The highest BCUT2D eigenvalue weighted by molar-refractivity contribution is 6.31. The number of rotatable bonds is 7. The minimum Gasteiger partial charge on any atom is -0.342 e. The van der Waals surface area contributed by atoms with E-state index in [0.29, 0.717) is 10.7 Å². The van der Waals surface area contributed by atoms with Crippen LogP contribution in [-0.4, -0.2) is 42.6 Å². The van der Waals surface area contributed by atoms with Gasteiger partial charge in [-0.2, -0.15) is 0 Å². The third-order valence-corrected chi connectivity index (χ3v) is 3.02. The van der Waals surface area contributed by atoms with Crippen LogP contribution in [0.2, 0.25) is 5.02 Å². The Morgan fingerprint density at radius 2 is 2.28 bits per heavy atom. The smallest absolute Gasteiger partial charge is 0.270 e. The molecule has 0 radical (unpaired) electrons. The Bertz CT molecular complexity index is 390. The van der Waals surface area contributed by atoms with Crippen molar-refractivity contribution in [3.05, 3.63) is 23.0 Å². The first kappa shape index (κ1) is 15.1. The van der Waals surface area contributed by atoms with Crippen molar-refractivity contribution in [2.75, 3.05) is 27.2 Å². The summed E-state index contributed by atoms with van der Waals surface area (Å²) in [5.74, 6) is 0.0338. The monoisotopic (exact) mass is 271 g/mol. The van der Waals surface area contributed by atoms with E-state index in [2.05, 4.69) is 12.2 Å². The van der Waals surface area contributed by atoms with E-state index in [1.54, 1.807) is 11.0 Å². The van der Waals surface area contributed by atoms with Crippen molar-refractivity contribution in [2.24, 2.45) is 0 Å². The molecule has 1 aromatic heterocycles. The highest BCUT2D eigenvalue weighted by Crippen LogP contribution is 2.16. The Morgan fingerprint density at radius 1 is 1.56 bits per heavy atom. The van der Waals surface area contributed by atoms with Gasteiger partial charge in [0.15, 0.2) is 0 Å². The summed E-state index contributed by atoms with van der Waals surface area (Å²) in [6.07, 6.45) is 3.75. The van der Waals surface area contributed by atoms with Crippen molar-refractivity contribution in [1.29, 1.82) is 0 Å². The van der Waals surface area contributed by atoms with E-state index in [4.69, 9.17) is 11.6 Å². The second kappa shape index (κ2) is 7.44. The van der Waals surface area contributed by atoms with Gasteiger partial charge in [0.05, 0.1) is 5.02 Å². The Morgan fingerprint density at radius 3 is 2.89 bits per heavy atom. The second-order valence-corrected chi connectivity index (χ2v) is 4.86. The molecule has 18 heavy (non-hydrogen) atoms. The molecule has 0 aliphatic heterocycles. The van der Waals surface area contributed by atoms with Crippen LogP contribution in [-0.2, 0) is 6.54 Å². The van der Waals surface area contributed by atoms with Gasteiger partial charge in [-0.3, -0.25) is 4.79 Å². The number of hydrogen-bond donors (Lipinski definition) is 1. The molecule has 0 bridgehead atoms. The minimum absolute atomic E-state index is 0.0338.